The fourth-order valence-corrected chi connectivity index (χ4v) is 5.35. The first kappa shape index (κ1) is 20.6. The predicted octanol–water partition coefficient (Wildman–Crippen LogP) is 7.96. The van der Waals surface area contributed by atoms with E-state index < -0.39 is 0 Å². The van der Waals surface area contributed by atoms with Gasteiger partial charge >= 0.3 is 0 Å². The normalized spacial score (nSPS) is 20.2. The minimum Gasteiger partial charge on any atom is -0.457 e. The SMILES string of the molecule is CC1CC(n2c(Nc3ccc(Oc4ccccc4)cc3)nc3ccccc32)CC(C)(C)C1. The Hall–Kier alpha value is -3.27. The molecule has 0 aliphatic heterocycles. The van der Waals surface area contributed by atoms with E-state index in [2.05, 4.69) is 67.1 Å². The van der Waals surface area contributed by atoms with Crippen LogP contribution in [0.4, 0.5) is 11.6 Å². The van der Waals surface area contributed by atoms with E-state index in [4.69, 9.17) is 9.72 Å². The van der Waals surface area contributed by atoms with E-state index in [1.54, 1.807) is 0 Å². The molecular formula is C28H31N3O. The summed E-state index contributed by atoms with van der Waals surface area (Å²) in [6.45, 7) is 7.17. The molecule has 0 radical (unpaired) electrons. The van der Waals surface area contributed by atoms with Crippen molar-refractivity contribution >= 4 is 22.7 Å². The molecule has 1 saturated carbocycles. The van der Waals surface area contributed by atoms with Gasteiger partial charge in [-0.15, -0.1) is 0 Å². The molecule has 1 N–H and O–H groups in total. The third-order valence-electron chi connectivity index (χ3n) is 6.41. The van der Waals surface area contributed by atoms with Crippen LogP contribution in [0.2, 0.25) is 0 Å². The largest absolute Gasteiger partial charge is 0.457 e. The lowest BCUT2D eigenvalue weighted by molar-refractivity contribution is 0.140. The fraction of sp³-hybridized carbons (Fsp3) is 0.321. The van der Waals surface area contributed by atoms with E-state index in [1.807, 2.05) is 42.5 Å². The van der Waals surface area contributed by atoms with Crippen LogP contribution in [0, 0.1) is 11.3 Å². The molecule has 4 nitrogen and oxygen atoms in total. The quantitative estimate of drug-likeness (QED) is 0.352. The molecule has 1 aliphatic carbocycles. The number of nitrogens with one attached hydrogen (secondary N) is 1. The molecule has 5 rings (SSSR count). The third kappa shape index (κ3) is 4.36. The number of imidazole rings is 1. The Morgan fingerprint density at radius 2 is 1.56 bits per heavy atom. The summed E-state index contributed by atoms with van der Waals surface area (Å²) in [6.07, 6.45) is 3.63. The molecule has 2 unspecified atom stereocenters. The van der Waals surface area contributed by atoms with E-state index in [9.17, 15) is 0 Å². The second kappa shape index (κ2) is 8.34. The van der Waals surface area contributed by atoms with Crippen LogP contribution < -0.4 is 10.1 Å². The molecule has 1 fully saturated rings. The summed E-state index contributed by atoms with van der Waals surface area (Å²) in [5.74, 6) is 3.27. The fourth-order valence-electron chi connectivity index (χ4n) is 5.35. The van der Waals surface area contributed by atoms with Gasteiger partial charge in [0.1, 0.15) is 11.5 Å². The summed E-state index contributed by atoms with van der Waals surface area (Å²) >= 11 is 0. The molecule has 164 valence electrons. The van der Waals surface area contributed by atoms with Crippen LogP contribution in [0.1, 0.15) is 46.1 Å². The van der Waals surface area contributed by atoms with Crippen molar-refractivity contribution in [2.45, 2.75) is 46.1 Å². The lowest BCUT2D eigenvalue weighted by Gasteiger charge is -2.40. The highest BCUT2D eigenvalue weighted by Gasteiger charge is 2.34. The molecule has 1 aliphatic rings. The number of rotatable bonds is 5. The molecule has 0 amide bonds. The van der Waals surface area contributed by atoms with Crippen molar-refractivity contribution in [2.24, 2.45) is 11.3 Å². The summed E-state index contributed by atoms with van der Waals surface area (Å²) in [6, 6.07) is 26.8. The van der Waals surface area contributed by atoms with Crippen molar-refractivity contribution in [3.05, 3.63) is 78.9 Å². The first-order valence-electron chi connectivity index (χ1n) is 11.5. The second-order valence-corrected chi connectivity index (χ2v) is 9.93. The van der Waals surface area contributed by atoms with Gasteiger partial charge in [0, 0.05) is 11.7 Å². The number of hydrogen-bond donors (Lipinski definition) is 1. The Labute approximate surface area is 190 Å². The number of nitrogens with zero attached hydrogens (tertiary/aromatic N) is 2. The Morgan fingerprint density at radius 1 is 0.875 bits per heavy atom. The predicted molar refractivity (Wildman–Crippen MR) is 132 cm³/mol. The number of aromatic nitrogens is 2. The molecule has 3 aromatic carbocycles. The van der Waals surface area contributed by atoms with Crippen molar-refractivity contribution in [2.75, 3.05) is 5.32 Å². The maximum absolute atomic E-state index is 5.94. The van der Waals surface area contributed by atoms with Crippen LogP contribution in [0.5, 0.6) is 11.5 Å². The summed E-state index contributed by atoms with van der Waals surface area (Å²) in [5, 5.41) is 3.59. The summed E-state index contributed by atoms with van der Waals surface area (Å²) in [7, 11) is 0. The Morgan fingerprint density at radius 3 is 2.31 bits per heavy atom. The van der Waals surface area contributed by atoms with E-state index in [1.165, 1.54) is 18.4 Å². The molecule has 4 heteroatoms. The van der Waals surface area contributed by atoms with Crippen LogP contribution in [-0.4, -0.2) is 9.55 Å². The zero-order valence-electron chi connectivity index (χ0n) is 19.1. The minimum absolute atomic E-state index is 0.335. The van der Waals surface area contributed by atoms with Gasteiger partial charge in [0.05, 0.1) is 11.0 Å². The first-order chi connectivity index (χ1) is 15.5. The van der Waals surface area contributed by atoms with Crippen LogP contribution in [0.3, 0.4) is 0 Å². The van der Waals surface area contributed by atoms with Crippen LogP contribution in [0.25, 0.3) is 11.0 Å². The highest BCUT2D eigenvalue weighted by molar-refractivity contribution is 5.80. The van der Waals surface area contributed by atoms with Crippen LogP contribution in [0.15, 0.2) is 78.9 Å². The average Bonchev–Trinajstić information content (AvgIpc) is 3.12. The standard InChI is InChI=1S/C28H31N3O/c1-20-17-22(19-28(2,3)18-20)31-26-12-8-7-11-25(26)30-27(31)29-21-13-15-24(16-14-21)32-23-9-5-4-6-10-23/h4-16,20,22H,17-19H2,1-3H3,(H,29,30). The maximum atomic E-state index is 5.94. The average molecular weight is 426 g/mol. The van der Waals surface area contributed by atoms with Gasteiger partial charge in [0.25, 0.3) is 0 Å². The lowest BCUT2D eigenvalue weighted by atomic mass is 9.70. The highest BCUT2D eigenvalue weighted by atomic mass is 16.5. The van der Waals surface area contributed by atoms with Gasteiger partial charge in [0.2, 0.25) is 5.95 Å². The zero-order valence-corrected chi connectivity index (χ0v) is 19.1. The van der Waals surface area contributed by atoms with Crippen molar-refractivity contribution in [3.8, 4) is 11.5 Å². The van der Waals surface area contributed by atoms with E-state index >= 15 is 0 Å². The third-order valence-corrected chi connectivity index (χ3v) is 6.41. The summed E-state index contributed by atoms with van der Waals surface area (Å²) in [5.41, 5.74) is 3.58. The van der Waals surface area contributed by atoms with Gasteiger partial charge in [0.15, 0.2) is 0 Å². The summed E-state index contributed by atoms with van der Waals surface area (Å²) in [4.78, 5) is 4.97. The van der Waals surface area contributed by atoms with Gasteiger partial charge in [-0.05, 0) is 79.1 Å². The number of ether oxygens (including phenoxy) is 1. The van der Waals surface area contributed by atoms with Gasteiger partial charge in [-0.1, -0.05) is 51.1 Å². The number of fused-ring (bicyclic) bond motifs is 1. The highest BCUT2D eigenvalue weighted by Crippen LogP contribution is 2.46. The molecule has 1 aromatic heterocycles. The molecule has 0 saturated heterocycles. The molecule has 0 bridgehead atoms. The van der Waals surface area contributed by atoms with Gasteiger partial charge in [-0.3, -0.25) is 0 Å². The van der Waals surface area contributed by atoms with E-state index in [0.29, 0.717) is 17.4 Å². The smallest absolute Gasteiger partial charge is 0.208 e. The van der Waals surface area contributed by atoms with Crippen LogP contribution in [-0.2, 0) is 0 Å². The molecular weight excluding hydrogens is 394 g/mol. The van der Waals surface area contributed by atoms with Gasteiger partial charge in [-0.25, -0.2) is 4.98 Å². The monoisotopic (exact) mass is 425 g/mol. The number of anilines is 2. The second-order valence-electron chi connectivity index (χ2n) is 9.93. The molecule has 32 heavy (non-hydrogen) atoms. The zero-order chi connectivity index (χ0) is 22.1. The lowest BCUT2D eigenvalue weighted by Crippen LogP contribution is -2.29. The van der Waals surface area contributed by atoms with E-state index in [0.717, 1.165) is 35.1 Å². The van der Waals surface area contributed by atoms with Gasteiger partial charge in [-0.2, -0.15) is 0 Å². The number of para-hydroxylation sites is 3. The molecule has 4 aromatic rings. The van der Waals surface area contributed by atoms with Gasteiger partial charge < -0.3 is 14.6 Å². The van der Waals surface area contributed by atoms with Crippen molar-refractivity contribution in [1.29, 1.82) is 0 Å². The topological polar surface area (TPSA) is 39.1 Å². The van der Waals surface area contributed by atoms with Crippen LogP contribution >= 0.6 is 0 Å². The van der Waals surface area contributed by atoms with E-state index in [-0.39, 0.29) is 0 Å². The Balaban J connectivity index is 1.44. The maximum Gasteiger partial charge on any atom is 0.208 e. The Bertz CT molecular complexity index is 1190. The first-order valence-corrected chi connectivity index (χ1v) is 11.5. The number of benzene rings is 3. The summed E-state index contributed by atoms with van der Waals surface area (Å²) < 4.78 is 8.37. The molecule has 0 spiro atoms. The van der Waals surface area contributed by atoms with Crippen molar-refractivity contribution in [1.82, 2.24) is 9.55 Å². The minimum atomic E-state index is 0.335. The number of hydrogen-bond acceptors (Lipinski definition) is 3. The van der Waals surface area contributed by atoms with Crippen molar-refractivity contribution < 1.29 is 4.74 Å². The molecule has 1 heterocycles. The molecule has 2 atom stereocenters. The Kier molecular flexibility index (Phi) is 5.38. The van der Waals surface area contributed by atoms with Crippen molar-refractivity contribution in [3.63, 3.8) is 0 Å².